The van der Waals surface area contributed by atoms with Crippen molar-refractivity contribution in [1.82, 2.24) is 4.98 Å². The van der Waals surface area contributed by atoms with Crippen LogP contribution in [0.15, 0.2) is 58.4 Å². The Labute approximate surface area is 142 Å². The van der Waals surface area contributed by atoms with Gasteiger partial charge in [0.25, 0.3) is 5.56 Å². The Morgan fingerprint density at radius 1 is 1.20 bits per heavy atom. The maximum Gasteiger partial charge on any atom is 0.335 e. The Morgan fingerprint density at radius 3 is 2.64 bits per heavy atom. The van der Waals surface area contributed by atoms with Gasteiger partial charge < -0.3 is 14.8 Å². The topological polar surface area (TPSA) is 104 Å². The van der Waals surface area contributed by atoms with Crippen molar-refractivity contribution in [3.05, 3.63) is 70.0 Å². The minimum absolute atomic E-state index is 0.191. The van der Waals surface area contributed by atoms with Crippen LogP contribution in [0.5, 0.6) is 5.75 Å². The third kappa shape index (κ3) is 3.66. The Bertz CT molecular complexity index is 1010. The zero-order chi connectivity index (χ0) is 17.8. The molecule has 0 fully saturated rings. The third-order valence-electron chi connectivity index (χ3n) is 3.61. The zero-order valence-electron chi connectivity index (χ0n) is 13.3. The summed E-state index contributed by atoms with van der Waals surface area (Å²) in [5, 5.41) is 13.7. The van der Waals surface area contributed by atoms with Crippen LogP contribution in [0.25, 0.3) is 10.9 Å². The number of hydrogen-bond acceptors (Lipinski definition) is 5. The molecule has 0 aliphatic carbocycles. The summed E-state index contributed by atoms with van der Waals surface area (Å²) in [5.74, 6) is -0.328. The lowest BCUT2D eigenvalue weighted by molar-refractivity contribution is 0.0697. The largest absolute Gasteiger partial charge is 0.497 e. The fraction of sp³-hybridized carbons (Fsp3) is 0.0556. The van der Waals surface area contributed by atoms with Crippen molar-refractivity contribution >= 4 is 28.8 Å². The quantitative estimate of drug-likeness (QED) is 0.490. The molecule has 0 amide bonds. The van der Waals surface area contributed by atoms with E-state index in [4.69, 9.17) is 9.84 Å². The monoisotopic (exact) mass is 337 g/mol. The number of aromatic carboxylic acids is 1. The van der Waals surface area contributed by atoms with Crippen molar-refractivity contribution < 1.29 is 14.6 Å². The summed E-state index contributed by atoms with van der Waals surface area (Å²) >= 11 is 0. The SMILES string of the molecule is COc1ccc2cc(C=NNc3ccc(C(=O)O)cc3)c(=O)[nH]c2c1. The van der Waals surface area contributed by atoms with Gasteiger partial charge in [-0.3, -0.25) is 10.2 Å². The maximum atomic E-state index is 12.1. The first kappa shape index (κ1) is 16.3. The molecule has 0 aliphatic rings. The second-order valence-corrected chi connectivity index (χ2v) is 5.26. The number of aromatic amines is 1. The lowest BCUT2D eigenvalue weighted by Crippen LogP contribution is -2.12. The van der Waals surface area contributed by atoms with Gasteiger partial charge in [0, 0.05) is 6.07 Å². The van der Waals surface area contributed by atoms with E-state index in [2.05, 4.69) is 15.5 Å². The summed E-state index contributed by atoms with van der Waals surface area (Å²) in [6, 6.07) is 13.3. The van der Waals surface area contributed by atoms with Gasteiger partial charge in [0.05, 0.1) is 35.7 Å². The number of fused-ring (bicyclic) bond motifs is 1. The van der Waals surface area contributed by atoms with Gasteiger partial charge >= 0.3 is 5.97 Å². The number of nitrogens with one attached hydrogen (secondary N) is 2. The molecule has 126 valence electrons. The van der Waals surface area contributed by atoms with Crippen LogP contribution >= 0.6 is 0 Å². The van der Waals surface area contributed by atoms with Crippen LogP contribution in [0.2, 0.25) is 0 Å². The number of H-pyrrole nitrogens is 1. The van der Waals surface area contributed by atoms with Crippen LogP contribution in [0.1, 0.15) is 15.9 Å². The predicted octanol–water partition coefficient (Wildman–Crippen LogP) is 2.68. The van der Waals surface area contributed by atoms with Gasteiger partial charge in [-0.15, -0.1) is 0 Å². The van der Waals surface area contributed by atoms with Gasteiger partial charge in [-0.2, -0.15) is 5.10 Å². The second-order valence-electron chi connectivity index (χ2n) is 5.26. The van der Waals surface area contributed by atoms with Crippen molar-refractivity contribution in [1.29, 1.82) is 0 Å². The molecule has 3 aromatic rings. The summed E-state index contributed by atoms with van der Waals surface area (Å²) in [6.07, 6.45) is 1.41. The van der Waals surface area contributed by atoms with Crippen LogP contribution in [0.3, 0.4) is 0 Å². The zero-order valence-corrected chi connectivity index (χ0v) is 13.3. The number of nitrogens with zero attached hydrogens (tertiary/aromatic N) is 1. The van der Waals surface area contributed by atoms with Gasteiger partial charge in [-0.1, -0.05) is 0 Å². The van der Waals surface area contributed by atoms with Crippen LogP contribution in [0.4, 0.5) is 5.69 Å². The molecule has 3 rings (SSSR count). The predicted molar refractivity (Wildman–Crippen MR) is 95.7 cm³/mol. The molecule has 0 radical (unpaired) electrons. The van der Waals surface area contributed by atoms with Crippen LogP contribution in [-0.2, 0) is 0 Å². The standard InChI is InChI=1S/C18H15N3O4/c1-25-15-7-4-12-8-13(17(22)20-16(12)9-15)10-19-21-14-5-2-11(3-6-14)18(23)24/h2-10,21H,1H3,(H,20,22)(H,23,24). The van der Waals surface area contributed by atoms with Crippen molar-refractivity contribution in [2.75, 3.05) is 12.5 Å². The molecule has 1 heterocycles. The number of carboxylic acid groups (broad SMARTS) is 1. The number of ether oxygens (including phenoxy) is 1. The van der Waals surface area contributed by atoms with Crippen LogP contribution in [0, 0.1) is 0 Å². The summed E-state index contributed by atoms with van der Waals surface area (Å²) in [6.45, 7) is 0. The highest BCUT2D eigenvalue weighted by Gasteiger charge is 2.03. The highest BCUT2D eigenvalue weighted by atomic mass is 16.5. The van der Waals surface area contributed by atoms with E-state index in [1.165, 1.54) is 18.3 Å². The Balaban J connectivity index is 1.79. The van der Waals surface area contributed by atoms with Gasteiger partial charge in [-0.25, -0.2) is 4.79 Å². The van der Waals surface area contributed by atoms with E-state index in [1.807, 2.05) is 12.1 Å². The van der Waals surface area contributed by atoms with Crippen molar-refractivity contribution in [2.24, 2.45) is 5.10 Å². The first-order valence-electron chi connectivity index (χ1n) is 7.40. The Morgan fingerprint density at radius 2 is 1.96 bits per heavy atom. The summed E-state index contributed by atoms with van der Waals surface area (Å²) in [5.41, 5.74) is 4.37. The molecular weight excluding hydrogens is 322 g/mol. The molecule has 0 saturated heterocycles. The molecule has 25 heavy (non-hydrogen) atoms. The van der Waals surface area contributed by atoms with Crippen molar-refractivity contribution in [3.63, 3.8) is 0 Å². The van der Waals surface area contributed by atoms with Gasteiger partial charge in [0.1, 0.15) is 5.75 Å². The molecule has 0 atom stereocenters. The highest BCUT2D eigenvalue weighted by molar-refractivity contribution is 5.89. The van der Waals surface area contributed by atoms with Gasteiger partial charge in [-0.05, 0) is 47.9 Å². The van der Waals surface area contributed by atoms with Crippen molar-refractivity contribution in [2.45, 2.75) is 0 Å². The minimum atomic E-state index is -0.991. The molecule has 0 aliphatic heterocycles. The first-order valence-corrected chi connectivity index (χ1v) is 7.40. The molecule has 0 spiro atoms. The fourth-order valence-electron chi connectivity index (χ4n) is 2.28. The molecule has 3 N–H and O–H groups in total. The first-order chi connectivity index (χ1) is 12.1. The minimum Gasteiger partial charge on any atom is -0.497 e. The van der Waals surface area contributed by atoms with Crippen LogP contribution in [-0.4, -0.2) is 29.4 Å². The van der Waals surface area contributed by atoms with Crippen molar-refractivity contribution in [3.8, 4) is 5.75 Å². The van der Waals surface area contributed by atoms with E-state index in [0.29, 0.717) is 22.5 Å². The van der Waals surface area contributed by atoms with E-state index in [9.17, 15) is 9.59 Å². The van der Waals surface area contributed by atoms with Gasteiger partial charge in [0.2, 0.25) is 0 Å². The number of hydrazone groups is 1. The normalized spacial score (nSPS) is 10.9. The second kappa shape index (κ2) is 6.88. The average molecular weight is 337 g/mol. The molecule has 1 aromatic heterocycles. The number of hydrogen-bond donors (Lipinski definition) is 3. The molecule has 7 heteroatoms. The fourth-order valence-corrected chi connectivity index (χ4v) is 2.28. The number of carboxylic acids is 1. The maximum absolute atomic E-state index is 12.1. The smallest absolute Gasteiger partial charge is 0.335 e. The van der Waals surface area contributed by atoms with Gasteiger partial charge in [0.15, 0.2) is 0 Å². The number of benzene rings is 2. The number of carbonyl (C=O) groups is 1. The molecule has 0 unspecified atom stereocenters. The summed E-state index contributed by atoms with van der Waals surface area (Å²) in [7, 11) is 1.56. The molecule has 0 bridgehead atoms. The van der Waals surface area contributed by atoms with E-state index < -0.39 is 5.97 Å². The number of aromatic nitrogens is 1. The molecular formula is C18H15N3O4. The van der Waals surface area contributed by atoms with E-state index >= 15 is 0 Å². The Kier molecular flexibility index (Phi) is 4.47. The molecule has 7 nitrogen and oxygen atoms in total. The van der Waals surface area contributed by atoms with Crippen LogP contribution < -0.4 is 15.7 Å². The Hall–Kier alpha value is -3.61. The third-order valence-corrected chi connectivity index (χ3v) is 3.61. The average Bonchev–Trinajstić information content (AvgIpc) is 2.62. The van der Waals surface area contributed by atoms with E-state index in [0.717, 1.165) is 5.39 Å². The van der Waals surface area contributed by atoms with E-state index in [-0.39, 0.29) is 11.1 Å². The number of anilines is 1. The van der Waals surface area contributed by atoms with E-state index in [1.54, 1.807) is 31.4 Å². The lowest BCUT2D eigenvalue weighted by Gasteiger charge is -2.03. The number of rotatable bonds is 5. The highest BCUT2D eigenvalue weighted by Crippen LogP contribution is 2.18. The molecule has 0 saturated carbocycles. The number of methoxy groups -OCH3 is 1. The molecule has 2 aromatic carbocycles. The summed E-state index contributed by atoms with van der Waals surface area (Å²) < 4.78 is 5.13. The number of pyridine rings is 1. The summed E-state index contributed by atoms with van der Waals surface area (Å²) in [4.78, 5) is 25.7. The lowest BCUT2D eigenvalue weighted by atomic mass is 10.1.